The van der Waals surface area contributed by atoms with Gasteiger partial charge in [-0.25, -0.2) is 0 Å². The lowest BCUT2D eigenvalue weighted by molar-refractivity contribution is 1.20. The van der Waals surface area contributed by atoms with Gasteiger partial charge in [0.2, 0.25) is 0 Å². The summed E-state index contributed by atoms with van der Waals surface area (Å²) >= 11 is 0. The maximum Gasteiger partial charge on any atom is 0.0704 e. The van der Waals surface area contributed by atoms with Gasteiger partial charge in [-0.2, -0.15) is 0 Å². The predicted octanol–water partition coefficient (Wildman–Crippen LogP) is 5.98. The molecule has 2 aromatic rings. The molecule has 1 heteroatoms. The number of pyridine rings is 1. The molecule has 0 radical (unpaired) electrons. The van der Waals surface area contributed by atoms with E-state index < -0.39 is 0 Å². The van der Waals surface area contributed by atoms with Crippen molar-refractivity contribution in [3.8, 4) is 11.3 Å². The van der Waals surface area contributed by atoms with Crippen LogP contribution in [0.15, 0.2) is 73.5 Å². The van der Waals surface area contributed by atoms with Crippen LogP contribution in [0, 0.1) is 6.92 Å². The van der Waals surface area contributed by atoms with Crippen molar-refractivity contribution in [2.45, 2.75) is 26.7 Å². The highest BCUT2D eigenvalue weighted by atomic mass is 14.7. The van der Waals surface area contributed by atoms with Crippen LogP contribution >= 0.6 is 0 Å². The Kier molecular flexibility index (Phi) is 5.91. The van der Waals surface area contributed by atoms with Crippen LogP contribution in [0.4, 0.5) is 0 Å². The first-order valence-corrected chi connectivity index (χ1v) is 7.75. The fourth-order valence-electron chi connectivity index (χ4n) is 2.27. The predicted molar refractivity (Wildman–Crippen MR) is 96.6 cm³/mol. The minimum Gasteiger partial charge on any atom is -0.256 e. The van der Waals surface area contributed by atoms with Crippen LogP contribution in [0.2, 0.25) is 0 Å². The molecular weight excluding hydrogens is 266 g/mol. The minimum absolute atomic E-state index is 0.950. The van der Waals surface area contributed by atoms with Crippen molar-refractivity contribution in [2.24, 2.45) is 0 Å². The number of nitrogens with zero attached hydrogens (tertiary/aromatic N) is 1. The van der Waals surface area contributed by atoms with Crippen LogP contribution in [0.3, 0.4) is 0 Å². The topological polar surface area (TPSA) is 12.9 Å². The Morgan fingerprint density at radius 1 is 1.14 bits per heavy atom. The summed E-state index contributed by atoms with van der Waals surface area (Å²) < 4.78 is 0. The molecule has 0 saturated carbocycles. The molecule has 112 valence electrons. The third-order valence-electron chi connectivity index (χ3n) is 3.54. The first kappa shape index (κ1) is 16.0. The number of aromatic nitrogens is 1. The molecule has 1 heterocycles. The van der Waals surface area contributed by atoms with E-state index in [2.05, 4.69) is 67.9 Å². The zero-order valence-electron chi connectivity index (χ0n) is 13.4. The number of benzene rings is 1. The molecular formula is C21H23N. The second-order valence-electron chi connectivity index (χ2n) is 5.29. The van der Waals surface area contributed by atoms with Gasteiger partial charge in [0.1, 0.15) is 0 Å². The van der Waals surface area contributed by atoms with Gasteiger partial charge >= 0.3 is 0 Å². The Morgan fingerprint density at radius 2 is 2.00 bits per heavy atom. The maximum absolute atomic E-state index is 4.45. The van der Waals surface area contributed by atoms with Crippen molar-refractivity contribution in [1.82, 2.24) is 4.98 Å². The second-order valence-corrected chi connectivity index (χ2v) is 5.29. The summed E-state index contributed by atoms with van der Waals surface area (Å²) in [5, 5.41) is 0. The molecule has 1 nitrogen and oxygen atoms in total. The quantitative estimate of drug-likeness (QED) is 0.470. The van der Waals surface area contributed by atoms with Gasteiger partial charge in [-0.05, 0) is 54.7 Å². The fourth-order valence-corrected chi connectivity index (χ4v) is 2.27. The van der Waals surface area contributed by atoms with Gasteiger partial charge in [0.25, 0.3) is 0 Å². The van der Waals surface area contributed by atoms with Gasteiger partial charge in [-0.1, -0.05) is 56.0 Å². The smallest absolute Gasteiger partial charge is 0.0704 e. The standard InChI is InChI=1S/C21H23N/c1-4-5-6-7-8-11-17(2)19-14-13-18(3)20(16-19)21-12-9-10-15-22-21/h5-6,8-16H,2,4,7H2,1,3H3/b6-5-,11-8+. The Hall–Kier alpha value is -2.41. The van der Waals surface area contributed by atoms with Crippen molar-refractivity contribution >= 4 is 5.57 Å². The van der Waals surface area contributed by atoms with E-state index in [0.29, 0.717) is 0 Å². The molecule has 0 saturated heterocycles. The monoisotopic (exact) mass is 289 g/mol. The molecule has 1 aromatic heterocycles. The summed E-state index contributed by atoms with van der Waals surface area (Å²) in [5.41, 5.74) is 5.57. The van der Waals surface area contributed by atoms with Gasteiger partial charge in [-0.15, -0.1) is 0 Å². The molecule has 0 unspecified atom stereocenters. The lowest BCUT2D eigenvalue weighted by Gasteiger charge is -2.08. The lowest BCUT2D eigenvalue weighted by Crippen LogP contribution is -1.89. The Morgan fingerprint density at radius 3 is 2.73 bits per heavy atom. The van der Waals surface area contributed by atoms with E-state index in [0.717, 1.165) is 29.7 Å². The lowest BCUT2D eigenvalue weighted by atomic mass is 9.98. The van der Waals surface area contributed by atoms with E-state index in [1.165, 1.54) is 11.1 Å². The maximum atomic E-state index is 4.45. The SMILES string of the molecule is C=C(/C=C/C/C=C\CC)c1ccc(C)c(-c2ccccn2)c1. The Balaban J connectivity index is 2.19. The van der Waals surface area contributed by atoms with Crippen molar-refractivity contribution in [3.05, 3.63) is 84.6 Å². The van der Waals surface area contributed by atoms with E-state index in [1.54, 1.807) is 0 Å². The third kappa shape index (κ3) is 4.29. The molecule has 0 aliphatic rings. The molecule has 0 N–H and O–H groups in total. The summed E-state index contributed by atoms with van der Waals surface area (Å²) in [5.74, 6) is 0. The third-order valence-corrected chi connectivity index (χ3v) is 3.54. The molecule has 0 aliphatic heterocycles. The largest absolute Gasteiger partial charge is 0.256 e. The highest BCUT2D eigenvalue weighted by molar-refractivity contribution is 5.76. The van der Waals surface area contributed by atoms with Crippen LogP contribution in [-0.2, 0) is 0 Å². The number of rotatable bonds is 6. The first-order valence-electron chi connectivity index (χ1n) is 7.75. The Labute approximate surface area is 133 Å². The van der Waals surface area contributed by atoms with E-state index >= 15 is 0 Å². The Bertz CT molecular complexity index is 678. The molecule has 0 atom stereocenters. The average Bonchev–Trinajstić information content (AvgIpc) is 2.55. The van der Waals surface area contributed by atoms with Gasteiger partial charge in [0, 0.05) is 11.8 Å². The zero-order valence-corrected chi connectivity index (χ0v) is 13.4. The first-order chi connectivity index (χ1) is 10.7. The number of aryl methyl sites for hydroxylation is 1. The number of hydrogen-bond acceptors (Lipinski definition) is 1. The van der Waals surface area contributed by atoms with Gasteiger partial charge in [0.15, 0.2) is 0 Å². The van der Waals surface area contributed by atoms with Crippen molar-refractivity contribution in [1.29, 1.82) is 0 Å². The van der Waals surface area contributed by atoms with E-state index in [1.807, 2.05) is 24.4 Å². The van der Waals surface area contributed by atoms with Crippen LogP contribution in [0.1, 0.15) is 30.9 Å². The summed E-state index contributed by atoms with van der Waals surface area (Å²) in [6.07, 6.45) is 12.5. The number of allylic oxidation sites excluding steroid dienone is 5. The summed E-state index contributed by atoms with van der Waals surface area (Å²) in [4.78, 5) is 4.45. The zero-order chi connectivity index (χ0) is 15.8. The van der Waals surface area contributed by atoms with E-state index in [9.17, 15) is 0 Å². The van der Waals surface area contributed by atoms with Crippen LogP contribution in [0.25, 0.3) is 16.8 Å². The molecule has 0 amide bonds. The molecule has 0 bridgehead atoms. The van der Waals surface area contributed by atoms with Crippen molar-refractivity contribution < 1.29 is 0 Å². The van der Waals surface area contributed by atoms with Crippen molar-refractivity contribution in [3.63, 3.8) is 0 Å². The molecule has 0 fully saturated rings. The number of hydrogen-bond donors (Lipinski definition) is 0. The summed E-state index contributed by atoms with van der Waals surface area (Å²) in [7, 11) is 0. The highest BCUT2D eigenvalue weighted by Crippen LogP contribution is 2.25. The normalized spacial score (nSPS) is 11.4. The average molecular weight is 289 g/mol. The summed E-state index contributed by atoms with van der Waals surface area (Å²) in [6, 6.07) is 12.4. The second kappa shape index (κ2) is 8.14. The highest BCUT2D eigenvalue weighted by Gasteiger charge is 2.05. The van der Waals surface area contributed by atoms with Crippen molar-refractivity contribution in [2.75, 3.05) is 0 Å². The molecule has 0 spiro atoms. The summed E-state index contributed by atoms with van der Waals surface area (Å²) in [6.45, 7) is 8.43. The van der Waals surface area contributed by atoms with Gasteiger partial charge in [-0.3, -0.25) is 4.98 Å². The van der Waals surface area contributed by atoms with Gasteiger partial charge < -0.3 is 0 Å². The van der Waals surface area contributed by atoms with Crippen LogP contribution in [-0.4, -0.2) is 4.98 Å². The van der Waals surface area contributed by atoms with Crippen LogP contribution in [0.5, 0.6) is 0 Å². The van der Waals surface area contributed by atoms with E-state index in [4.69, 9.17) is 0 Å². The minimum atomic E-state index is 0.950. The molecule has 1 aromatic carbocycles. The van der Waals surface area contributed by atoms with Crippen LogP contribution < -0.4 is 0 Å². The molecule has 0 aliphatic carbocycles. The van der Waals surface area contributed by atoms with E-state index in [-0.39, 0.29) is 0 Å². The van der Waals surface area contributed by atoms with Gasteiger partial charge in [0.05, 0.1) is 5.69 Å². The fraction of sp³-hybridized carbons (Fsp3) is 0.190. The molecule has 2 rings (SSSR count). The molecule has 22 heavy (non-hydrogen) atoms.